The molecule has 1 amide bonds. The Kier molecular flexibility index (Phi) is 9.72. The largest absolute Gasteiger partial charge is 0.494 e. The highest BCUT2D eigenvalue weighted by molar-refractivity contribution is 7.93. The fourth-order valence-corrected chi connectivity index (χ4v) is 5.43. The summed E-state index contributed by atoms with van der Waals surface area (Å²) < 4.78 is 27.2. The number of rotatable bonds is 11. The Hall–Kier alpha value is -3.70. The molecule has 39 heavy (non-hydrogen) atoms. The molecule has 2 aromatic carbocycles. The van der Waals surface area contributed by atoms with Crippen molar-refractivity contribution in [2.45, 2.75) is 31.6 Å². The fraction of sp³-hybridized carbons (Fsp3) is 0.393. The number of likely N-dealkylation sites (tertiary alicyclic amines) is 1. The molecular formula is C28H36N6O4S. The first kappa shape index (κ1) is 28.3. The van der Waals surface area contributed by atoms with E-state index in [4.69, 9.17) is 14.5 Å². The molecule has 1 aromatic heterocycles. The van der Waals surface area contributed by atoms with Gasteiger partial charge in [0.05, 0.1) is 22.9 Å². The number of amides is 1. The van der Waals surface area contributed by atoms with E-state index in [1.165, 1.54) is 19.1 Å². The Morgan fingerprint density at radius 2 is 1.87 bits per heavy atom. The molecule has 4 rings (SSSR count). The van der Waals surface area contributed by atoms with Gasteiger partial charge in [-0.15, -0.1) is 4.36 Å². The third-order valence-electron chi connectivity index (χ3n) is 6.23. The maximum absolute atomic E-state index is 13.1. The minimum Gasteiger partial charge on any atom is -0.494 e. The Morgan fingerprint density at radius 3 is 2.59 bits per heavy atom. The second-order valence-corrected chi connectivity index (χ2v) is 11.4. The molecule has 10 nitrogen and oxygen atoms in total. The summed E-state index contributed by atoms with van der Waals surface area (Å²) in [5, 5.41) is 6.69. The zero-order valence-electron chi connectivity index (χ0n) is 22.7. The smallest absolute Gasteiger partial charge is 0.442 e. The molecule has 11 heteroatoms. The van der Waals surface area contributed by atoms with Crippen LogP contribution in [0.4, 0.5) is 22.2 Å². The standard InChI is InChI=1S/C28H36N6O4S/c1-4-37-23-13-11-21(12-14-23)25-20-30-27(32-26(25)29-15-18-34-16-6-7-17-34)31-22-9-8-10-24(19-22)39(3,36)33-28(35)38-5-2/h8-14,19-20H,4-7,15-18H2,1-3H3,(H2,29,30,31,32). The number of anilines is 3. The Balaban J connectivity index is 1.58. The monoisotopic (exact) mass is 552 g/mol. The van der Waals surface area contributed by atoms with Gasteiger partial charge in [0, 0.05) is 41.7 Å². The normalized spacial score (nSPS) is 14.8. The van der Waals surface area contributed by atoms with E-state index in [1.54, 1.807) is 31.3 Å². The van der Waals surface area contributed by atoms with Crippen LogP contribution >= 0.6 is 0 Å². The van der Waals surface area contributed by atoms with E-state index in [0.29, 0.717) is 29.0 Å². The van der Waals surface area contributed by atoms with Crippen LogP contribution in [0.25, 0.3) is 11.1 Å². The molecule has 1 unspecified atom stereocenters. The molecule has 2 heterocycles. The van der Waals surface area contributed by atoms with E-state index >= 15 is 0 Å². The van der Waals surface area contributed by atoms with Crippen molar-refractivity contribution in [3.63, 3.8) is 0 Å². The van der Waals surface area contributed by atoms with E-state index < -0.39 is 15.8 Å². The summed E-state index contributed by atoms with van der Waals surface area (Å²) in [6, 6.07) is 14.8. The van der Waals surface area contributed by atoms with Gasteiger partial charge >= 0.3 is 6.09 Å². The Bertz CT molecular complexity index is 1380. The van der Waals surface area contributed by atoms with Crippen molar-refractivity contribution >= 4 is 33.3 Å². The minimum absolute atomic E-state index is 0.165. The van der Waals surface area contributed by atoms with Crippen LogP contribution in [0, 0.1) is 0 Å². The number of ether oxygens (including phenoxy) is 2. The maximum atomic E-state index is 13.1. The molecule has 0 saturated carbocycles. The van der Waals surface area contributed by atoms with E-state index in [9.17, 15) is 9.00 Å². The molecule has 3 aromatic rings. The summed E-state index contributed by atoms with van der Waals surface area (Å²) in [6.45, 7) is 8.35. The van der Waals surface area contributed by atoms with E-state index in [-0.39, 0.29) is 6.61 Å². The zero-order chi connectivity index (χ0) is 27.7. The van der Waals surface area contributed by atoms with Crippen LogP contribution in [-0.4, -0.2) is 70.8 Å². The second kappa shape index (κ2) is 13.4. The molecule has 1 aliphatic rings. The highest BCUT2D eigenvalue weighted by Crippen LogP contribution is 2.29. The minimum atomic E-state index is -2.98. The van der Waals surface area contributed by atoms with Crippen molar-refractivity contribution < 1.29 is 18.5 Å². The van der Waals surface area contributed by atoms with Gasteiger partial charge in [-0.1, -0.05) is 18.2 Å². The molecule has 208 valence electrons. The van der Waals surface area contributed by atoms with Crippen molar-refractivity contribution in [2.75, 3.05) is 56.3 Å². The first-order valence-corrected chi connectivity index (χ1v) is 15.1. The third-order valence-corrected chi connectivity index (χ3v) is 7.85. The molecule has 1 saturated heterocycles. The predicted molar refractivity (Wildman–Crippen MR) is 154 cm³/mol. The van der Waals surface area contributed by atoms with Crippen molar-refractivity contribution in [3.8, 4) is 16.9 Å². The molecule has 1 fully saturated rings. The number of benzene rings is 2. The summed E-state index contributed by atoms with van der Waals surface area (Å²) in [4.78, 5) is 24.0. The Labute approximate surface area is 230 Å². The summed E-state index contributed by atoms with van der Waals surface area (Å²) >= 11 is 0. The highest BCUT2D eigenvalue weighted by atomic mass is 32.2. The zero-order valence-corrected chi connectivity index (χ0v) is 23.5. The first-order chi connectivity index (χ1) is 18.9. The first-order valence-electron chi connectivity index (χ1n) is 13.2. The van der Waals surface area contributed by atoms with Gasteiger partial charge in [-0.3, -0.25) is 0 Å². The number of nitrogens with one attached hydrogen (secondary N) is 2. The predicted octanol–water partition coefficient (Wildman–Crippen LogP) is 5.41. The summed E-state index contributed by atoms with van der Waals surface area (Å²) in [5.74, 6) is 1.91. The molecule has 2 N–H and O–H groups in total. The molecule has 0 bridgehead atoms. The topological polar surface area (TPSA) is 118 Å². The number of hydrogen-bond donors (Lipinski definition) is 2. The molecule has 1 aliphatic heterocycles. The fourth-order valence-electron chi connectivity index (χ4n) is 4.31. The van der Waals surface area contributed by atoms with Crippen LogP contribution in [0.1, 0.15) is 26.7 Å². The number of carbonyl (C=O) groups is 1. The molecule has 0 aliphatic carbocycles. The van der Waals surface area contributed by atoms with Crippen LogP contribution in [-0.2, 0) is 14.5 Å². The highest BCUT2D eigenvalue weighted by Gasteiger charge is 2.15. The van der Waals surface area contributed by atoms with Gasteiger partial charge in [0.25, 0.3) is 0 Å². The van der Waals surface area contributed by atoms with Crippen molar-refractivity contribution in [3.05, 3.63) is 54.7 Å². The van der Waals surface area contributed by atoms with Crippen molar-refractivity contribution in [1.82, 2.24) is 14.9 Å². The quantitative estimate of drug-likeness (QED) is 0.322. The van der Waals surface area contributed by atoms with E-state index in [1.807, 2.05) is 37.3 Å². The number of hydrogen-bond acceptors (Lipinski definition) is 9. The van der Waals surface area contributed by atoms with Crippen LogP contribution in [0.3, 0.4) is 0 Å². The van der Waals surface area contributed by atoms with Gasteiger partial charge in [-0.25, -0.2) is 14.0 Å². The SMILES string of the molecule is CCOC(=O)N=S(C)(=O)c1cccc(Nc2ncc(-c3ccc(OCC)cc3)c(NCCN3CCCC3)n2)c1. The van der Waals surface area contributed by atoms with Crippen LogP contribution in [0.2, 0.25) is 0 Å². The summed E-state index contributed by atoms with van der Waals surface area (Å²) in [7, 11) is -2.98. The molecule has 1 atom stereocenters. The van der Waals surface area contributed by atoms with E-state index in [0.717, 1.165) is 43.1 Å². The molecular weight excluding hydrogens is 516 g/mol. The van der Waals surface area contributed by atoms with Gasteiger partial charge in [-0.2, -0.15) is 4.98 Å². The molecule has 0 spiro atoms. The van der Waals surface area contributed by atoms with Gasteiger partial charge < -0.3 is 25.0 Å². The lowest BCUT2D eigenvalue weighted by Crippen LogP contribution is -2.26. The molecule has 0 radical (unpaired) electrons. The summed E-state index contributed by atoms with van der Waals surface area (Å²) in [5.41, 5.74) is 2.48. The van der Waals surface area contributed by atoms with Crippen molar-refractivity contribution in [1.29, 1.82) is 0 Å². The Morgan fingerprint density at radius 1 is 1.10 bits per heavy atom. The van der Waals surface area contributed by atoms with Gasteiger partial charge in [0.1, 0.15) is 11.6 Å². The number of nitrogens with zero attached hydrogens (tertiary/aromatic N) is 4. The van der Waals surface area contributed by atoms with Crippen LogP contribution < -0.4 is 15.4 Å². The van der Waals surface area contributed by atoms with Crippen LogP contribution in [0.5, 0.6) is 5.75 Å². The lowest BCUT2D eigenvalue weighted by molar-refractivity contribution is 0.164. The van der Waals surface area contributed by atoms with Gasteiger partial charge in [0.15, 0.2) is 0 Å². The maximum Gasteiger partial charge on any atom is 0.442 e. The average molecular weight is 553 g/mol. The average Bonchev–Trinajstić information content (AvgIpc) is 3.43. The van der Waals surface area contributed by atoms with Gasteiger partial charge in [0.2, 0.25) is 5.95 Å². The van der Waals surface area contributed by atoms with E-state index in [2.05, 4.69) is 24.9 Å². The third kappa shape index (κ3) is 7.90. The lowest BCUT2D eigenvalue weighted by Gasteiger charge is -2.17. The summed E-state index contributed by atoms with van der Waals surface area (Å²) in [6.07, 6.45) is 4.84. The lowest BCUT2D eigenvalue weighted by atomic mass is 10.1. The van der Waals surface area contributed by atoms with Crippen molar-refractivity contribution in [2.24, 2.45) is 4.36 Å². The number of aromatic nitrogens is 2. The number of carbonyl (C=O) groups excluding carboxylic acids is 1. The van der Waals surface area contributed by atoms with Gasteiger partial charge in [-0.05, 0) is 75.7 Å². The van der Waals surface area contributed by atoms with Crippen LogP contribution in [0.15, 0.2) is 64.0 Å². The second-order valence-electron chi connectivity index (χ2n) is 9.13.